The molecule has 1 aromatic rings. The molecule has 0 aliphatic heterocycles. The molecule has 1 rings (SSSR count). The lowest BCUT2D eigenvalue weighted by atomic mass is 10.1. The van der Waals surface area contributed by atoms with E-state index in [4.69, 9.17) is 10.5 Å². The zero-order valence-corrected chi connectivity index (χ0v) is 11.3. The topological polar surface area (TPSA) is 93.4 Å². The molecule has 0 spiro atoms. The number of carbonyl (C=O) groups is 2. The number of para-hydroxylation sites is 1. The summed E-state index contributed by atoms with van der Waals surface area (Å²) in [5.41, 5.74) is 6.96. The van der Waals surface area contributed by atoms with Crippen LogP contribution in [0.25, 0.3) is 0 Å². The molecule has 0 heterocycles. The second kappa shape index (κ2) is 6.63. The first-order valence-corrected chi connectivity index (χ1v) is 6.05. The van der Waals surface area contributed by atoms with E-state index in [1.54, 1.807) is 39.1 Å². The molecule has 0 radical (unpaired) electrons. The van der Waals surface area contributed by atoms with Crippen molar-refractivity contribution < 1.29 is 14.3 Å². The maximum atomic E-state index is 11.8. The molecule has 0 fully saturated rings. The monoisotopic (exact) mass is 265 g/mol. The number of amides is 1. The van der Waals surface area contributed by atoms with E-state index >= 15 is 0 Å². The van der Waals surface area contributed by atoms with E-state index in [0.717, 1.165) is 0 Å². The standard InChI is InChI=1S/C13H19N3O3/c1-4-19-13(18)9-6-5-7-10(14)11(9)16-8(2)12(17)15-3/h5-8,16H,4,14H2,1-3H3,(H,15,17). The quantitative estimate of drug-likeness (QED) is 0.545. The Hall–Kier alpha value is -2.24. The van der Waals surface area contributed by atoms with Gasteiger partial charge < -0.3 is 21.1 Å². The fraction of sp³-hybridized carbons (Fsp3) is 0.385. The lowest BCUT2D eigenvalue weighted by molar-refractivity contribution is -0.121. The zero-order chi connectivity index (χ0) is 14.4. The summed E-state index contributed by atoms with van der Waals surface area (Å²) in [5, 5.41) is 5.45. The first kappa shape index (κ1) is 14.8. The number of carbonyl (C=O) groups excluding carboxylic acids is 2. The normalized spacial score (nSPS) is 11.5. The Balaban J connectivity index is 3.04. The molecule has 4 N–H and O–H groups in total. The maximum absolute atomic E-state index is 11.8. The molecular weight excluding hydrogens is 246 g/mol. The minimum atomic E-state index is -0.511. The molecule has 0 aliphatic rings. The Kier molecular flexibility index (Phi) is 5.17. The van der Waals surface area contributed by atoms with E-state index in [1.165, 1.54) is 0 Å². The minimum absolute atomic E-state index is 0.196. The van der Waals surface area contributed by atoms with Crippen molar-refractivity contribution in [3.05, 3.63) is 23.8 Å². The number of nitrogen functional groups attached to an aromatic ring is 1. The number of ether oxygens (including phenoxy) is 1. The number of likely N-dealkylation sites (N-methyl/N-ethyl adjacent to an activating group) is 1. The number of hydrogen-bond acceptors (Lipinski definition) is 5. The van der Waals surface area contributed by atoms with Crippen LogP contribution < -0.4 is 16.4 Å². The van der Waals surface area contributed by atoms with Gasteiger partial charge in [0.05, 0.1) is 23.5 Å². The van der Waals surface area contributed by atoms with Crippen LogP contribution in [0.3, 0.4) is 0 Å². The highest BCUT2D eigenvalue weighted by Crippen LogP contribution is 2.25. The van der Waals surface area contributed by atoms with Crippen molar-refractivity contribution >= 4 is 23.3 Å². The third kappa shape index (κ3) is 3.61. The molecule has 0 aromatic heterocycles. The number of benzene rings is 1. The summed E-state index contributed by atoms with van der Waals surface area (Å²) in [7, 11) is 1.54. The van der Waals surface area contributed by atoms with Gasteiger partial charge in [0.2, 0.25) is 5.91 Å². The number of nitrogens with two attached hydrogens (primary N) is 1. The van der Waals surface area contributed by atoms with Gasteiger partial charge in [-0.05, 0) is 26.0 Å². The van der Waals surface area contributed by atoms with Crippen LogP contribution in [0.2, 0.25) is 0 Å². The van der Waals surface area contributed by atoms with E-state index in [2.05, 4.69) is 10.6 Å². The highest BCUT2D eigenvalue weighted by Gasteiger charge is 2.18. The summed E-state index contributed by atoms with van der Waals surface area (Å²) in [6, 6.07) is 4.41. The van der Waals surface area contributed by atoms with E-state index in [0.29, 0.717) is 16.9 Å². The van der Waals surface area contributed by atoms with Gasteiger partial charge in [-0.25, -0.2) is 4.79 Å². The first-order chi connectivity index (χ1) is 9.01. The van der Waals surface area contributed by atoms with Crippen LogP contribution in [0.1, 0.15) is 24.2 Å². The number of rotatable bonds is 5. The summed E-state index contributed by atoms with van der Waals surface area (Å²) in [6.45, 7) is 3.68. The van der Waals surface area contributed by atoms with Gasteiger partial charge in [-0.15, -0.1) is 0 Å². The molecule has 0 bridgehead atoms. The molecule has 0 saturated carbocycles. The van der Waals surface area contributed by atoms with Crippen molar-refractivity contribution in [1.82, 2.24) is 5.32 Å². The number of esters is 1. The molecule has 0 saturated heterocycles. The van der Waals surface area contributed by atoms with Crippen LogP contribution >= 0.6 is 0 Å². The van der Waals surface area contributed by atoms with Crippen LogP contribution in [-0.2, 0) is 9.53 Å². The van der Waals surface area contributed by atoms with Gasteiger partial charge in [0.1, 0.15) is 6.04 Å². The van der Waals surface area contributed by atoms with Crippen LogP contribution in [-0.4, -0.2) is 31.6 Å². The predicted molar refractivity (Wildman–Crippen MR) is 74.0 cm³/mol. The van der Waals surface area contributed by atoms with Crippen LogP contribution in [0.5, 0.6) is 0 Å². The molecule has 1 atom stereocenters. The molecule has 6 nitrogen and oxygen atoms in total. The van der Waals surface area contributed by atoms with Crippen molar-refractivity contribution in [3.8, 4) is 0 Å². The van der Waals surface area contributed by atoms with Gasteiger partial charge in [0, 0.05) is 7.05 Å². The van der Waals surface area contributed by atoms with E-state index in [1.807, 2.05) is 0 Å². The molecule has 6 heteroatoms. The Bertz CT molecular complexity index is 474. The number of nitrogens with one attached hydrogen (secondary N) is 2. The fourth-order valence-electron chi connectivity index (χ4n) is 1.61. The van der Waals surface area contributed by atoms with Crippen LogP contribution in [0, 0.1) is 0 Å². The second-order valence-corrected chi connectivity index (χ2v) is 3.97. The molecule has 19 heavy (non-hydrogen) atoms. The van der Waals surface area contributed by atoms with Gasteiger partial charge >= 0.3 is 5.97 Å². The van der Waals surface area contributed by atoms with E-state index in [-0.39, 0.29) is 12.5 Å². The van der Waals surface area contributed by atoms with Gasteiger partial charge in [-0.1, -0.05) is 6.07 Å². The Labute approximate surface area is 112 Å². The maximum Gasteiger partial charge on any atom is 0.340 e. The lowest BCUT2D eigenvalue weighted by Gasteiger charge is -2.18. The average molecular weight is 265 g/mol. The smallest absolute Gasteiger partial charge is 0.340 e. The molecule has 1 aromatic carbocycles. The number of anilines is 2. The minimum Gasteiger partial charge on any atom is -0.462 e. The Morgan fingerprint density at radius 3 is 2.68 bits per heavy atom. The van der Waals surface area contributed by atoms with Crippen molar-refractivity contribution in [3.63, 3.8) is 0 Å². The second-order valence-electron chi connectivity index (χ2n) is 3.97. The molecular formula is C13H19N3O3. The summed E-state index contributed by atoms with van der Waals surface area (Å²) >= 11 is 0. The third-order valence-corrected chi connectivity index (χ3v) is 2.59. The van der Waals surface area contributed by atoms with Gasteiger partial charge in [0.15, 0.2) is 0 Å². The van der Waals surface area contributed by atoms with Crippen molar-refractivity contribution in [2.24, 2.45) is 0 Å². The van der Waals surface area contributed by atoms with Gasteiger partial charge in [-0.2, -0.15) is 0 Å². The van der Waals surface area contributed by atoms with Crippen LogP contribution in [0.4, 0.5) is 11.4 Å². The molecule has 104 valence electrons. The van der Waals surface area contributed by atoms with Crippen molar-refractivity contribution in [1.29, 1.82) is 0 Å². The Morgan fingerprint density at radius 1 is 1.42 bits per heavy atom. The van der Waals surface area contributed by atoms with Crippen LogP contribution in [0.15, 0.2) is 18.2 Å². The van der Waals surface area contributed by atoms with Crippen molar-refractivity contribution in [2.45, 2.75) is 19.9 Å². The average Bonchev–Trinajstić information content (AvgIpc) is 2.40. The lowest BCUT2D eigenvalue weighted by Crippen LogP contribution is -2.35. The van der Waals surface area contributed by atoms with Gasteiger partial charge in [0.25, 0.3) is 0 Å². The highest BCUT2D eigenvalue weighted by molar-refractivity contribution is 6.00. The summed E-state index contributed by atoms with van der Waals surface area (Å²) in [6.07, 6.45) is 0. The SMILES string of the molecule is CCOC(=O)c1cccc(N)c1NC(C)C(=O)NC. The van der Waals surface area contributed by atoms with Crippen molar-refractivity contribution in [2.75, 3.05) is 24.7 Å². The Morgan fingerprint density at radius 2 is 2.11 bits per heavy atom. The molecule has 1 unspecified atom stereocenters. The largest absolute Gasteiger partial charge is 0.462 e. The predicted octanol–water partition coefficient (Wildman–Crippen LogP) is 0.992. The third-order valence-electron chi connectivity index (χ3n) is 2.59. The molecule has 1 amide bonds. The summed E-state index contributed by atoms with van der Waals surface area (Å²) in [4.78, 5) is 23.3. The first-order valence-electron chi connectivity index (χ1n) is 6.05. The number of hydrogen-bond donors (Lipinski definition) is 3. The van der Waals surface area contributed by atoms with E-state index in [9.17, 15) is 9.59 Å². The highest BCUT2D eigenvalue weighted by atomic mass is 16.5. The molecule has 0 aliphatic carbocycles. The van der Waals surface area contributed by atoms with Gasteiger partial charge in [-0.3, -0.25) is 4.79 Å². The summed E-state index contributed by atoms with van der Waals surface area (Å²) in [5.74, 6) is -0.667. The zero-order valence-electron chi connectivity index (χ0n) is 11.3. The van der Waals surface area contributed by atoms with E-state index < -0.39 is 12.0 Å². The fourth-order valence-corrected chi connectivity index (χ4v) is 1.61. The summed E-state index contributed by atoms with van der Waals surface area (Å²) < 4.78 is 4.96.